The SMILES string of the molecule is COc1cc(C)c(S(=O)Cc2c(C)cccc2C)cc1OC. The van der Waals surface area contributed by atoms with Gasteiger partial charge in [-0.15, -0.1) is 0 Å². The summed E-state index contributed by atoms with van der Waals surface area (Å²) in [4.78, 5) is 0.792. The predicted molar refractivity (Wildman–Crippen MR) is 90.3 cm³/mol. The highest BCUT2D eigenvalue weighted by atomic mass is 32.2. The molecule has 0 heterocycles. The van der Waals surface area contributed by atoms with E-state index in [1.165, 1.54) is 11.1 Å². The summed E-state index contributed by atoms with van der Waals surface area (Å²) in [7, 11) is 2.07. The second-order valence-electron chi connectivity index (χ2n) is 5.33. The molecule has 0 fully saturated rings. The van der Waals surface area contributed by atoms with Crippen molar-refractivity contribution in [3.05, 3.63) is 52.6 Å². The summed E-state index contributed by atoms with van der Waals surface area (Å²) in [5.74, 6) is 1.78. The van der Waals surface area contributed by atoms with Crippen molar-refractivity contribution in [2.24, 2.45) is 0 Å². The molecule has 118 valence electrons. The van der Waals surface area contributed by atoms with Gasteiger partial charge in [-0.25, -0.2) is 0 Å². The third-order valence-electron chi connectivity index (χ3n) is 3.85. The van der Waals surface area contributed by atoms with Crippen LogP contribution in [0.15, 0.2) is 35.2 Å². The number of hydrogen-bond donors (Lipinski definition) is 0. The molecule has 0 saturated heterocycles. The molecule has 0 N–H and O–H groups in total. The fourth-order valence-electron chi connectivity index (χ4n) is 2.49. The van der Waals surface area contributed by atoms with Gasteiger partial charge in [-0.05, 0) is 49.1 Å². The maximum atomic E-state index is 12.8. The molecule has 0 bridgehead atoms. The average molecular weight is 318 g/mol. The lowest BCUT2D eigenvalue weighted by Gasteiger charge is -2.14. The maximum Gasteiger partial charge on any atom is 0.161 e. The van der Waals surface area contributed by atoms with Crippen LogP contribution in [-0.2, 0) is 16.6 Å². The van der Waals surface area contributed by atoms with Crippen molar-refractivity contribution in [2.45, 2.75) is 31.4 Å². The van der Waals surface area contributed by atoms with Crippen LogP contribution < -0.4 is 9.47 Å². The van der Waals surface area contributed by atoms with Gasteiger partial charge < -0.3 is 9.47 Å². The van der Waals surface area contributed by atoms with E-state index in [2.05, 4.69) is 26.0 Å². The van der Waals surface area contributed by atoms with E-state index in [9.17, 15) is 4.21 Å². The highest BCUT2D eigenvalue weighted by molar-refractivity contribution is 7.84. The maximum absolute atomic E-state index is 12.8. The first-order valence-electron chi connectivity index (χ1n) is 7.14. The molecular formula is C18H22O3S. The zero-order chi connectivity index (χ0) is 16.3. The number of methoxy groups -OCH3 is 2. The monoisotopic (exact) mass is 318 g/mol. The molecule has 0 aliphatic carbocycles. The van der Waals surface area contributed by atoms with Crippen molar-refractivity contribution in [2.75, 3.05) is 14.2 Å². The normalized spacial score (nSPS) is 12.0. The second kappa shape index (κ2) is 6.97. The van der Waals surface area contributed by atoms with Crippen LogP contribution in [0.25, 0.3) is 0 Å². The molecule has 0 amide bonds. The molecule has 2 aromatic carbocycles. The quantitative estimate of drug-likeness (QED) is 0.838. The third kappa shape index (κ3) is 3.33. The fourth-order valence-corrected chi connectivity index (χ4v) is 4.02. The molecule has 4 heteroatoms. The van der Waals surface area contributed by atoms with Gasteiger partial charge in [0.15, 0.2) is 11.5 Å². The van der Waals surface area contributed by atoms with Gasteiger partial charge in [0.05, 0.1) is 30.8 Å². The molecule has 0 aliphatic heterocycles. The lowest BCUT2D eigenvalue weighted by atomic mass is 10.1. The minimum Gasteiger partial charge on any atom is -0.493 e. The first-order valence-corrected chi connectivity index (χ1v) is 8.46. The lowest BCUT2D eigenvalue weighted by molar-refractivity contribution is 0.353. The summed E-state index contributed by atoms with van der Waals surface area (Å²) in [5.41, 5.74) is 4.44. The molecule has 2 aromatic rings. The smallest absolute Gasteiger partial charge is 0.161 e. The molecule has 0 aromatic heterocycles. The summed E-state index contributed by atoms with van der Waals surface area (Å²) in [6.45, 7) is 6.06. The number of ether oxygens (including phenoxy) is 2. The first kappa shape index (κ1) is 16.6. The zero-order valence-electron chi connectivity index (χ0n) is 13.7. The van der Waals surface area contributed by atoms with Crippen molar-refractivity contribution in [1.82, 2.24) is 0 Å². The van der Waals surface area contributed by atoms with Gasteiger partial charge in [0, 0.05) is 11.0 Å². The predicted octanol–water partition coefficient (Wildman–Crippen LogP) is 3.94. The molecule has 0 aliphatic rings. The Morgan fingerprint density at radius 2 is 1.45 bits per heavy atom. The van der Waals surface area contributed by atoms with E-state index >= 15 is 0 Å². The van der Waals surface area contributed by atoms with Crippen molar-refractivity contribution in [3.8, 4) is 11.5 Å². The van der Waals surface area contributed by atoms with E-state index in [4.69, 9.17) is 9.47 Å². The molecule has 0 radical (unpaired) electrons. The molecule has 3 nitrogen and oxygen atoms in total. The Morgan fingerprint density at radius 1 is 0.909 bits per heavy atom. The van der Waals surface area contributed by atoms with Crippen molar-refractivity contribution < 1.29 is 13.7 Å². The van der Waals surface area contributed by atoms with Gasteiger partial charge in [0.1, 0.15) is 0 Å². The summed E-state index contributed by atoms with van der Waals surface area (Å²) in [5, 5.41) is 0. The van der Waals surface area contributed by atoms with Crippen LogP contribution in [0.2, 0.25) is 0 Å². The van der Waals surface area contributed by atoms with Crippen LogP contribution in [0, 0.1) is 20.8 Å². The summed E-state index contributed by atoms with van der Waals surface area (Å²) in [6, 6.07) is 9.83. The Labute approximate surface area is 134 Å². The van der Waals surface area contributed by atoms with Crippen molar-refractivity contribution >= 4 is 10.8 Å². The Balaban J connectivity index is 2.38. The number of rotatable bonds is 5. The number of hydrogen-bond acceptors (Lipinski definition) is 3. The Hall–Kier alpha value is -1.81. The number of benzene rings is 2. The molecule has 0 spiro atoms. The fraction of sp³-hybridized carbons (Fsp3) is 0.333. The van der Waals surface area contributed by atoms with E-state index < -0.39 is 10.8 Å². The average Bonchev–Trinajstić information content (AvgIpc) is 2.50. The molecule has 22 heavy (non-hydrogen) atoms. The lowest BCUT2D eigenvalue weighted by Crippen LogP contribution is -2.03. The second-order valence-corrected chi connectivity index (χ2v) is 6.75. The van der Waals surface area contributed by atoms with Crippen LogP contribution in [0.5, 0.6) is 11.5 Å². The first-order chi connectivity index (χ1) is 10.5. The van der Waals surface area contributed by atoms with Crippen LogP contribution in [-0.4, -0.2) is 18.4 Å². The van der Waals surface area contributed by atoms with Crippen LogP contribution >= 0.6 is 0 Å². The standard InChI is InChI=1S/C18H22O3S/c1-12-7-6-8-13(2)15(12)11-22(19)18-10-17(21-5)16(20-4)9-14(18)3/h6-10H,11H2,1-5H3. The highest BCUT2D eigenvalue weighted by Crippen LogP contribution is 2.32. The molecule has 2 rings (SSSR count). The molecule has 0 saturated carbocycles. The van der Waals surface area contributed by atoms with Crippen molar-refractivity contribution in [3.63, 3.8) is 0 Å². The summed E-state index contributed by atoms with van der Waals surface area (Å²) >= 11 is 0. The number of aryl methyl sites for hydroxylation is 3. The molecular weight excluding hydrogens is 296 g/mol. The van der Waals surface area contributed by atoms with E-state index in [1.54, 1.807) is 14.2 Å². The zero-order valence-corrected chi connectivity index (χ0v) is 14.5. The molecule has 1 atom stereocenters. The summed E-state index contributed by atoms with van der Waals surface area (Å²) < 4.78 is 23.4. The Kier molecular flexibility index (Phi) is 5.24. The highest BCUT2D eigenvalue weighted by Gasteiger charge is 2.15. The molecule has 1 unspecified atom stereocenters. The van der Waals surface area contributed by atoms with Gasteiger partial charge in [-0.1, -0.05) is 18.2 Å². The largest absolute Gasteiger partial charge is 0.493 e. The van der Waals surface area contributed by atoms with Crippen LogP contribution in [0.1, 0.15) is 22.3 Å². The van der Waals surface area contributed by atoms with Gasteiger partial charge >= 0.3 is 0 Å². The van der Waals surface area contributed by atoms with Gasteiger partial charge in [-0.2, -0.15) is 0 Å². The van der Waals surface area contributed by atoms with Gasteiger partial charge in [-0.3, -0.25) is 4.21 Å². The van der Waals surface area contributed by atoms with E-state index in [0.717, 1.165) is 16.0 Å². The summed E-state index contributed by atoms with van der Waals surface area (Å²) in [6.07, 6.45) is 0. The van der Waals surface area contributed by atoms with Crippen LogP contribution in [0.3, 0.4) is 0 Å². The third-order valence-corrected chi connectivity index (χ3v) is 5.33. The van der Waals surface area contributed by atoms with Gasteiger partial charge in [0.25, 0.3) is 0 Å². The minimum atomic E-state index is -1.12. The van der Waals surface area contributed by atoms with Crippen molar-refractivity contribution in [1.29, 1.82) is 0 Å². The van der Waals surface area contributed by atoms with E-state index in [1.807, 2.05) is 25.1 Å². The Bertz CT molecular complexity index is 687. The Morgan fingerprint density at radius 3 is 2.00 bits per heavy atom. The minimum absolute atomic E-state index is 0.509. The van der Waals surface area contributed by atoms with Crippen LogP contribution in [0.4, 0.5) is 0 Å². The van der Waals surface area contributed by atoms with Gasteiger partial charge in [0.2, 0.25) is 0 Å². The van der Waals surface area contributed by atoms with E-state index in [-0.39, 0.29) is 0 Å². The topological polar surface area (TPSA) is 35.5 Å². The van der Waals surface area contributed by atoms with E-state index in [0.29, 0.717) is 17.3 Å².